The summed E-state index contributed by atoms with van der Waals surface area (Å²) in [5.74, 6) is -0.285. The van der Waals surface area contributed by atoms with Gasteiger partial charge in [-0.2, -0.15) is 0 Å². The molecule has 114 valence electrons. The molecule has 1 fully saturated rings. The first kappa shape index (κ1) is 14.9. The van der Waals surface area contributed by atoms with Crippen LogP contribution in [0.2, 0.25) is 0 Å². The van der Waals surface area contributed by atoms with Crippen LogP contribution < -0.4 is 0 Å². The van der Waals surface area contributed by atoms with Crippen LogP contribution >= 0.6 is 0 Å². The van der Waals surface area contributed by atoms with Gasteiger partial charge >= 0.3 is 0 Å². The van der Waals surface area contributed by atoms with Gasteiger partial charge in [0.05, 0.1) is 0 Å². The van der Waals surface area contributed by atoms with E-state index in [2.05, 4.69) is 4.90 Å². The van der Waals surface area contributed by atoms with Crippen LogP contribution in [0.25, 0.3) is 11.1 Å². The first-order chi connectivity index (χ1) is 10.6. The zero-order valence-electron chi connectivity index (χ0n) is 12.8. The highest BCUT2D eigenvalue weighted by atomic mass is 19.1. The number of Topliss-reactive ketones (excluding diaryl/α,β-unsaturated/α-hetero) is 1. The van der Waals surface area contributed by atoms with Crippen LogP contribution in [-0.2, 0) is 0 Å². The summed E-state index contributed by atoms with van der Waals surface area (Å²) >= 11 is 0. The Hall–Kier alpha value is -2.00. The van der Waals surface area contributed by atoms with Crippen LogP contribution in [0.4, 0.5) is 4.39 Å². The van der Waals surface area contributed by atoms with E-state index < -0.39 is 0 Å². The van der Waals surface area contributed by atoms with Crippen molar-refractivity contribution in [3.63, 3.8) is 0 Å². The molecule has 2 aromatic rings. The lowest BCUT2D eigenvalue weighted by atomic mass is 9.89. The number of likely N-dealkylation sites (tertiary alicyclic amines) is 1. The van der Waals surface area contributed by atoms with Crippen molar-refractivity contribution in [2.75, 3.05) is 20.1 Å². The minimum Gasteiger partial charge on any atom is -0.306 e. The van der Waals surface area contributed by atoms with Crippen LogP contribution in [-0.4, -0.2) is 30.8 Å². The van der Waals surface area contributed by atoms with E-state index in [0.29, 0.717) is 11.1 Å². The van der Waals surface area contributed by atoms with Crippen LogP contribution in [0.15, 0.2) is 48.5 Å². The van der Waals surface area contributed by atoms with Gasteiger partial charge in [-0.3, -0.25) is 4.79 Å². The van der Waals surface area contributed by atoms with Gasteiger partial charge in [-0.15, -0.1) is 0 Å². The molecule has 1 unspecified atom stereocenters. The standard InChI is InChI=1S/C19H20FNO/c1-21-11-5-8-16(13-21)19(22)15-9-10-17(18(20)12-15)14-6-3-2-4-7-14/h2-4,6-7,9-10,12,16H,5,8,11,13H2,1H3. The van der Waals surface area contributed by atoms with Gasteiger partial charge in [0.15, 0.2) is 5.78 Å². The number of carbonyl (C=O) groups is 1. The first-order valence-corrected chi connectivity index (χ1v) is 7.73. The Morgan fingerprint density at radius 1 is 1.18 bits per heavy atom. The normalized spacial score (nSPS) is 19.1. The zero-order valence-corrected chi connectivity index (χ0v) is 12.8. The molecule has 0 bridgehead atoms. The Kier molecular flexibility index (Phi) is 4.34. The number of piperidine rings is 1. The summed E-state index contributed by atoms with van der Waals surface area (Å²) in [6.45, 7) is 1.80. The smallest absolute Gasteiger partial charge is 0.167 e. The third kappa shape index (κ3) is 3.09. The highest BCUT2D eigenvalue weighted by Crippen LogP contribution is 2.26. The molecule has 0 aliphatic carbocycles. The SMILES string of the molecule is CN1CCCC(C(=O)c2ccc(-c3ccccc3)c(F)c2)C1. The summed E-state index contributed by atoms with van der Waals surface area (Å²) < 4.78 is 14.4. The maximum absolute atomic E-state index is 14.4. The minimum atomic E-state index is -0.332. The topological polar surface area (TPSA) is 20.3 Å². The summed E-state index contributed by atoms with van der Waals surface area (Å²) in [6.07, 6.45) is 1.92. The average Bonchev–Trinajstić information content (AvgIpc) is 2.55. The Morgan fingerprint density at radius 3 is 2.64 bits per heavy atom. The van der Waals surface area contributed by atoms with E-state index in [0.717, 1.165) is 31.5 Å². The van der Waals surface area contributed by atoms with Crippen molar-refractivity contribution in [1.82, 2.24) is 4.90 Å². The third-order valence-corrected chi connectivity index (χ3v) is 4.33. The second-order valence-corrected chi connectivity index (χ2v) is 6.03. The Balaban J connectivity index is 1.84. The predicted octanol–water partition coefficient (Wildman–Crippen LogP) is 4.02. The van der Waals surface area contributed by atoms with E-state index in [1.165, 1.54) is 6.07 Å². The van der Waals surface area contributed by atoms with Crippen molar-refractivity contribution < 1.29 is 9.18 Å². The number of halogens is 1. The minimum absolute atomic E-state index is 0.0132. The van der Waals surface area contributed by atoms with E-state index in [1.807, 2.05) is 37.4 Å². The van der Waals surface area contributed by atoms with Gasteiger partial charge in [-0.1, -0.05) is 42.5 Å². The quantitative estimate of drug-likeness (QED) is 0.798. The molecule has 0 radical (unpaired) electrons. The fourth-order valence-electron chi connectivity index (χ4n) is 3.14. The first-order valence-electron chi connectivity index (χ1n) is 7.73. The van der Waals surface area contributed by atoms with Gasteiger partial charge in [0.25, 0.3) is 0 Å². The number of benzene rings is 2. The molecule has 0 saturated carbocycles. The largest absolute Gasteiger partial charge is 0.306 e. The molecule has 1 saturated heterocycles. The summed E-state index contributed by atoms with van der Waals surface area (Å²) in [7, 11) is 2.03. The van der Waals surface area contributed by atoms with Gasteiger partial charge < -0.3 is 4.90 Å². The molecule has 2 aromatic carbocycles. The number of rotatable bonds is 3. The van der Waals surface area contributed by atoms with Crippen LogP contribution in [0.5, 0.6) is 0 Å². The summed E-state index contributed by atoms with van der Waals surface area (Å²) in [4.78, 5) is 14.7. The highest BCUT2D eigenvalue weighted by molar-refractivity contribution is 5.98. The zero-order chi connectivity index (χ0) is 15.5. The average molecular weight is 297 g/mol. The molecule has 3 heteroatoms. The van der Waals surface area contributed by atoms with Crippen molar-refractivity contribution in [2.45, 2.75) is 12.8 Å². The van der Waals surface area contributed by atoms with E-state index in [-0.39, 0.29) is 17.5 Å². The summed E-state index contributed by atoms with van der Waals surface area (Å²) in [5.41, 5.74) is 1.85. The Morgan fingerprint density at radius 2 is 1.95 bits per heavy atom. The molecular weight excluding hydrogens is 277 g/mol. The van der Waals surface area contributed by atoms with Gasteiger partial charge in [-0.25, -0.2) is 4.39 Å². The van der Waals surface area contributed by atoms with E-state index in [9.17, 15) is 9.18 Å². The number of hydrogen-bond acceptors (Lipinski definition) is 2. The molecule has 1 aliphatic heterocycles. The number of hydrogen-bond donors (Lipinski definition) is 0. The molecular formula is C19H20FNO. The van der Waals surface area contributed by atoms with Gasteiger partial charge in [0.2, 0.25) is 0 Å². The molecule has 1 heterocycles. The fourth-order valence-corrected chi connectivity index (χ4v) is 3.14. The van der Waals surface area contributed by atoms with Crippen molar-refractivity contribution in [3.8, 4) is 11.1 Å². The second-order valence-electron chi connectivity index (χ2n) is 6.03. The summed E-state index contributed by atoms with van der Waals surface area (Å²) in [5, 5.41) is 0. The highest BCUT2D eigenvalue weighted by Gasteiger charge is 2.25. The van der Waals surface area contributed by atoms with Crippen LogP contribution in [0, 0.1) is 11.7 Å². The Labute approximate surface area is 130 Å². The molecule has 1 atom stereocenters. The van der Waals surface area contributed by atoms with Crippen molar-refractivity contribution in [2.24, 2.45) is 5.92 Å². The van der Waals surface area contributed by atoms with Crippen molar-refractivity contribution in [1.29, 1.82) is 0 Å². The molecule has 22 heavy (non-hydrogen) atoms. The Bertz CT molecular complexity index is 668. The van der Waals surface area contributed by atoms with Gasteiger partial charge in [0, 0.05) is 23.6 Å². The molecule has 1 aliphatic rings. The van der Waals surface area contributed by atoms with E-state index >= 15 is 0 Å². The number of nitrogens with zero attached hydrogens (tertiary/aromatic N) is 1. The molecule has 0 amide bonds. The molecule has 0 aromatic heterocycles. The second kappa shape index (κ2) is 6.41. The third-order valence-electron chi connectivity index (χ3n) is 4.33. The lowest BCUT2D eigenvalue weighted by molar-refractivity contribution is 0.0843. The van der Waals surface area contributed by atoms with Gasteiger partial charge in [0.1, 0.15) is 5.82 Å². The molecule has 2 nitrogen and oxygen atoms in total. The van der Waals surface area contributed by atoms with E-state index in [4.69, 9.17) is 0 Å². The molecule has 0 spiro atoms. The summed E-state index contributed by atoms with van der Waals surface area (Å²) in [6, 6.07) is 14.3. The maximum Gasteiger partial charge on any atom is 0.167 e. The monoisotopic (exact) mass is 297 g/mol. The lowest BCUT2D eigenvalue weighted by Crippen LogP contribution is -2.36. The lowest BCUT2D eigenvalue weighted by Gasteiger charge is -2.28. The maximum atomic E-state index is 14.4. The number of ketones is 1. The van der Waals surface area contributed by atoms with Crippen LogP contribution in [0.1, 0.15) is 23.2 Å². The predicted molar refractivity (Wildman–Crippen MR) is 86.4 cm³/mol. The van der Waals surface area contributed by atoms with Crippen molar-refractivity contribution in [3.05, 3.63) is 59.9 Å². The van der Waals surface area contributed by atoms with Crippen molar-refractivity contribution >= 4 is 5.78 Å². The molecule has 3 rings (SSSR count). The fraction of sp³-hybridized carbons (Fsp3) is 0.316. The van der Waals surface area contributed by atoms with E-state index in [1.54, 1.807) is 12.1 Å². The number of carbonyl (C=O) groups excluding carboxylic acids is 1. The molecule has 0 N–H and O–H groups in total. The van der Waals surface area contributed by atoms with Gasteiger partial charge in [-0.05, 0) is 38.1 Å². The van der Waals surface area contributed by atoms with Crippen LogP contribution in [0.3, 0.4) is 0 Å².